The first kappa shape index (κ1) is 14.7. The number of rotatable bonds is 4. The number of esters is 1. The number of ether oxygens (including phenoxy) is 1. The number of hydrogen-bond donors (Lipinski definition) is 0. The number of nitro benzene ring substituents is 1. The molecule has 0 aliphatic rings. The zero-order valence-electron chi connectivity index (χ0n) is 10.7. The molecule has 106 valence electrons. The number of carbonyl (C=O) groups is 1. The lowest BCUT2D eigenvalue weighted by Crippen LogP contribution is -2.05. The molecule has 0 amide bonds. The van der Waals surface area contributed by atoms with Gasteiger partial charge in [0.1, 0.15) is 0 Å². The molecule has 0 heterocycles. The van der Waals surface area contributed by atoms with Gasteiger partial charge in [0.2, 0.25) is 5.75 Å². The van der Waals surface area contributed by atoms with Crippen molar-refractivity contribution in [3.05, 3.63) is 75.3 Å². The third kappa shape index (κ3) is 4.15. The monoisotopic (exact) mass is 303 g/mol. The third-order valence-corrected chi connectivity index (χ3v) is 2.77. The van der Waals surface area contributed by atoms with Gasteiger partial charge in [0.15, 0.2) is 0 Å². The van der Waals surface area contributed by atoms with Crippen molar-refractivity contribution in [1.82, 2.24) is 0 Å². The van der Waals surface area contributed by atoms with Crippen LogP contribution in [0.3, 0.4) is 0 Å². The van der Waals surface area contributed by atoms with Crippen molar-refractivity contribution in [2.24, 2.45) is 0 Å². The summed E-state index contributed by atoms with van der Waals surface area (Å²) >= 11 is 5.68. The molecule has 0 aromatic heterocycles. The lowest BCUT2D eigenvalue weighted by atomic mass is 10.2. The zero-order chi connectivity index (χ0) is 15.2. The molecule has 0 radical (unpaired) electrons. The van der Waals surface area contributed by atoms with E-state index >= 15 is 0 Å². The maximum atomic E-state index is 11.7. The van der Waals surface area contributed by atoms with E-state index < -0.39 is 10.9 Å². The molecule has 6 heteroatoms. The van der Waals surface area contributed by atoms with Gasteiger partial charge in [0.25, 0.3) is 0 Å². The van der Waals surface area contributed by atoms with Crippen molar-refractivity contribution in [1.29, 1.82) is 0 Å². The molecule has 0 saturated heterocycles. The molecule has 0 spiro atoms. The molecular weight excluding hydrogens is 294 g/mol. The van der Waals surface area contributed by atoms with Crippen LogP contribution < -0.4 is 4.74 Å². The van der Waals surface area contributed by atoms with Gasteiger partial charge in [0.05, 0.1) is 4.92 Å². The third-order valence-electron chi connectivity index (χ3n) is 2.54. The standard InChI is InChI=1S/C15H10ClNO4/c16-12-7-8-14(13(10-12)17(19)20)21-15(18)9-6-11-4-2-1-3-5-11/h1-10H/b9-6+. The van der Waals surface area contributed by atoms with Crippen molar-refractivity contribution in [2.45, 2.75) is 0 Å². The SMILES string of the molecule is O=C(/C=C/c1ccccc1)Oc1ccc(Cl)cc1[N+](=O)[O-]. The summed E-state index contributed by atoms with van der Waals surface area (Å²) < 4.78 is 4.96. The van der Waals surface area contributed by atoms with Gasteiger partial charge in [-0.1, -0.05) is 41.9 Å². The molecule has 0 N–H and O–H groups in total. The summed E-state index contributed by atoms with van der Waals surface area (Å²) in [6.07, 6.45) is 2.76. The second kappa shape index (κ2) is 6.67. The molecule has 2 rings (SSSR count). The molecule has 0 fully saturated rings. The normalized spacial score (nSPS) is 10.5. The topological polar surface area (TPSA) is 69.4 Å². The van der Waals surface area contributed by atoms with Crippen molar-refractivity contribution < 1.29 is 14.5 Å². The van der Waals surface area contributed by atoms with Gasteiger partial charge >= 0.3 is 11.7 Å². The van der Waals surface area contributed by atoms with Gasteiger partial charge in [-0.05, 0) is 23.8 Å². The lowest BCUT2D eigenvalue weighted by Gasteiger charge is -2.02. The molecule has 21 heavy (non-hydrogen) atoms. The van der Waals surface area contributed by atoms with Crippen LogP contribution in [0.1, 0.15) is 5.56 Å². The molecule has 0 aliphatic heterocycles. The maximum Gasteiger partial charge on any atom is 0.336 e. The van der Waals surface area contributed by atoms with Crippen molar-refractivity contribution in [2.75, 3.05) is 0 Å². The van der Waals surface area contributed by atoms with Crippen LogP contribution in [-0.4, -0.2) is 10.9 Å². The number of hydrogen-bond acceptors (Lipinski definition) is 4. The van der Waals surface area contributed by atoms with Gasteiger partial charge in [-0.25, -0.2) is 4.79 Å². The Hall–Kier alpha value is -2.66. The predicted molar refractivity (Wildman–Crippen MR) is 79.2 cm³/mol. The Kier molecular flexibility index (Phi) is 4.68. The van der Waals surface area contributed by atoms with Gasteiger partial charge in [0, 0.05) is 17.2 Å². The van der Waals surface area contributed by atoms with Crippen LogP contribution >= 0.6 is 11.6 Å². The highest BCUT2D eigenvalue weighted by molar-refractivity contribution is 6.30. The van der Waals surface area contributed by atoms with Crippen LogP contribution in [0, 0.1) is 10.1 Å². The summed E-state index contributed by atoms with van der Waals surface area (Å²) in [5, 5.41) is 11.1. The fraction of sp³-hybridized carbons (Fsp3) is 0. The van der Waals surface area contributed by atoms with Gasteiger partial charge in [-0.2, -0.15) is 0 Å². The van der Waals surface area contributed by atoms with E-state index in [1.807, 2.05) is 30.3 Å². The van der Waals surface area contributed by atoms with E-state index in [4.69, 9.17) is 16.3 Å². The molecule has 0 unspecified atom stereocenters. The number of carbonyl (C=O) groups excluding carboxylic acids is 1. The summed E-state index contributed by atoms with van der Waals surface area (Å²) in [5.74, 6) is -0.851. The minimum absolute atomic E-state index is 0.146. The Morgan fingerprint density at radius 3 is 2.57 bits per heavy atom. The van der Waals surface area contributed by atoms with Gasteiger partial charge in [-0.3, -0.25) is 10.1 Å². The highest BCUT2D eigenvalue weighted by atomic mass is 35.5. The first-order valence-electron chi connectivity index (χ1n) is 5.95. The molecule has 0 atom stereocenters. The molecule has 0 saturated carbocycles. The van der Waals surface area contributed by atoms with Crippen LogP contribution in [0.4, 0.5) is 5.69 Å². The van der Waals surface area contributed by atoms with Gasteiger partial charge in [-0.15, -0.1) is 0 Å². The van der Waals surface area contributed by atoms with Crippen LogP contribution in [0.15, 0.2) is 54.6 Å². The molecule has 5 nitrogen and oxygen atoms in total. The lowest BCUT2D eigenvalue weighted by molar-refractivity contribution is -0.385. The van der Waals surface area contributed by atoms with Gasteiger partial charge < -0.3 is 4.74 Å². The number of benzene rings is 2. The number of halogens is 1. The van der Waals surface area contributed by atoms with E-state index in [1.165, 1.54) is 18.2 Å². The minimum Gasteiger partial charge on any atom is -0.416 e. The minimum atomic E-state index is -0.704. The van der Waals surface area contributed by atoms with Crippen molar-refractivity contribution in [3.63, 3.8) is 0 Å². The van der Waals surface area contributed by atoms with E-state index in [9.17, 15) is 14.9 Å². The second-order valence-corrected chi connectivity index (χ2v) is 4.47. The van der Waals surface area contributed by atoms with Crippen LogP contribution in [-0.2, 0) is 4.79 Å². The molecule has 0 aliphatic carbocycles. The Bertz CT molecular complexity index is 698. The Balaban J connectivity index is 2.13. The Morgan fingerprint density at radius 2 is 1.90 bits per heavy atom. The Labute approximate surface area is 125 Å². The smallest absolute Gasteiger partial charge is 0.336 e. The highest BCUT2D eigenvalue weighted by Gasteiger charge is 2.17. The fourth-order valence-electron chi connectivity index (χ4n) is 1.59. The first-order valence-corrected chi connectivity index (χ1v) is 6.33. The fourth-order valence-corrected chi connectivity index (χ4v) is 1.76. The van der Waals surface area contributed by atoms with E-state index in [2.05, 4.69) is 0 Å². The van der Waals surface area contributed by atoms with E-state index in [0.717, 1.165) is 11.6 Å². The van der Waals surface area contributed by atoms with Crippen molar-refractivity contribution in [3.8, 4) is 5.75 Å². The summed E-state index contributed by atoms with van der Waals surface area (Å²) in [4.78, 5) is 21.9. The predicted octanol–water partition coefficient (Wildman–Crippen LogP) is 3.87. The summed E-state index contributed by atoms with van der Waals surface area (Å²) in [7, 11) is 0. The molecule has 2 aromatic rings. The molecular formula is C15H10ClNO4. The second-order valence-electron chi connectivity index (χ2n) is 4.03. The first-order chi connectivity index (χ1) is 10.1. The van der Waals surface area contributed by atoms with E-state index in [-0.39, 0.29) is 16.5 Å². The Morgan fingerprint density at radius 1 is 1.19 bits per heavy atom. The van der Waals surface area contributed by atoms with Crippen molar-refractivity contribution >= 4 is 29.3 Å². The quantitative estimate of drug-likeness (QED) is 0.283. The maximum absolute atomic E-state index is 11.7. The van der Waals surface area contributed by atoms with Crippen LogP contribution in [0.2, 0.25) is 5.02 Å². The number of nitrogens with zero attached hydrogens (tertiary/aromatic N) is 1. The number of nitro groups is 1. The molecule has 0 bridgehead atoms. The van der Waals surface area contributed by atoms with Crippen LogP contribution in [0.25, 0.3) is 6.08 Å². The summed E-state index contributed by atoms with van der Waals surface area (Å²) in [6, 6.07) is 13.0. The molecule has 2 aromatic carbocycles. The summed E-state index contributed by atoms with van der Waals surface area (Å²) in [6.45, 7) is 0. The zero-order valence-corrected chi connectivity index (χ0v) is 11.5. The van der Waals surface area contributed by atoms with E-state index in [0.29, 0.717) is 0 Å². The van der Waals surface area contributed by atoms with Crippen LogP contribution in [0.5, 0.6) is 5.75 Å². The average Bonchev–Trinajstić information content (AvgIpc) is 2.48. The largest absolute Gasteiger partial charge is 0.416 e. The summed E-state index contributed by atoms with van der Waals surface area (Å²) in [5.41, 5.74) is 0.462. The highest BCUT2D eigenvalue weighted by Crippen LogP contribution is 2.30. The van der Waals surface area contributed by atoms with E-state index in [1.54, 1.807) is 6.08 Å². The average molecular weight is 304 g/mol.